The van der Waals surface area contributed by atoms with Crippen LogP contribution in [-0.2, 0) is 10.0 Å². The zero-order valence-electron chi connectivity index (χ0n) is 15.2. The maximum absolute atomic E-state index is 12.8. The molecule has 2 fully saturated rings. The number of anilines is 1. The molecule has 144 valence electrons. The third kappa shape index (κ3) is 3.84. The number of benzene rings is 1. The van der Waals surface area contributed by atoms with Crippen molar-refractivity contribution in [1.29, 1.82) is 0 Å². The van der Waals surface area contributed by atoms with Crippen LogP contribution in [0.15, 0.2) is 23.1 Å². The van der Waals surface area contributed by atoms with Gasteiger partial charge in [-0.1, -0.05) is 6.42 Å². The van der Waals surface area contributed by atoms with E-state index in [0.717, 1.165) is 12.8 Å². The fourth-order valence-electron chi connectivity index (χ4n) is 3.43. The van der Waals surface area contributed by atoms with Gasteiger partial charge < -0.3 is 10.2 Å². The molecule has 9 heteroatoms. The zero-order chi connectivity index (χ0) is 18.9. The van der Waals surface area contributed by atoms with E-state index in [-0.39, 0.29) is 16.6 Å². The van der Waals surface area contributed by atoms with Crippen LogP contribution in [0.25, 0.3) is 0 Å². The first-order valence-corrected chi connectivity index (χ1v) is 10.5. The second-order valence-electron chi connectivity index (χ2n) is 7.27. The number of likely N-dealkylation sites (N-methyl/N-ethyl adjacent to an activating group) is 1. The summed E-state index contributed by atoms with van der Waals surface area (Å²) in [4.78, 5) is 13.0. The first-order valence-electron chi connectivity index (χ1n) is 9.02. The van der Waals surface area contributed by atoms with E-state index in [1.54, 1.807) is 0 Å². The highest BCUT2D eigenvalue weighted by Gasteiger charge is 2.31. The Labute approximate surface area is 154 Å². The van der Waals surface area contributed by atoms with Gasteiger partial charge in [0.2, 0.25) is 10.0 Å². The Morgan fingerprint density at radius 3 is 2.42 bits per heavy atom. The van der Waals surface area contributed by atoms with Crippen LogP contribution in [0.1, 0.15) is 26.2 Å². The molecule has 0 radical (unpaired) electrons. The third-order valence-corrected chi connectivity index (χ3v) is 7.40. The van der Waals surface area contributed by atoms with Crippen LogP contribution in [0, 0.1) is 16.0 Å². The Hall–Kier alpha value is -1.71. The van der Waals surface area contributed by atoms with Crippen LogP contribution in [0.2, 0.25) is 0 Å². The summed E-state index contributed by atoms with van der Waals surface area (Å²) in [7, 11) is -1.78. The van der Waals surface area contributed by atoms with Gasteiger partial charge in [0.1, 0.15) is 5.69 Å². The smallest absolute Gasteiger partial charge is 0.293 e. The molecule has 1 aromatic carbocycles. The topological polar surface area (TPSA) is 95.8 Å². The van der Waals surface area contributed by atoms with Gasteiger partial charge in [0.15, 0.2) is 0 Å². The average molecular weight is 382 g/mol. The maximum Gasteiger partial charge on any atom is 0.293 e. The molecule has 1 aliphatic heterocycles. The zero-order valence-corrected chi connectivity index (χ0v) is 16.0. The number of nitro benzene ring substituents is 1. The van der Waals surface area contributed by atoms with Gasteiger partial charge >= 0.3 is 0 Å². The lowest BCUT2D eigenvalue weighted by Gasteiger charge is -2.32. The molecule has 1 aliphatic carbocycles. The summed E-state index contributed by atoms with van der Waals surface area (Å²) < 4.78 is 27.1. The molecule has 1 saturated heterocycles. The van der Waals surface area contributed by atoms with Gasteiger partial charge in [-0.05, 0) is 44.9 Å². The lowest BCUT2D eigenvalue weighted by Crippen LogP contribution is -2.47. The van der Waals surface area contributed by atoms with Crippen LogP contribution in [0.3, 0.4) is 0 Å². The van der Waals surface area contributed by atoms with Crippen molar-refractivity contribution in [2.45, 2.75) is 37.1 Å². The van der Waals surface area contributed by atoms with E-state index in [2.05, 4.69) is 10.2 Å². The van der Waals surface area contributed by atoms with Crippen molar-refractivity contribution in [2.75, 3.05) is 38.5 Å². The standard InChI is InChI=1S/C17H26N4O4S/c1-13(14-4-3-5-14)18-16-7-6-15(12-17(16)21(22)23)26(24,25)20-10-8-19(2)9-11-20/h6-7,12-14,18H,3-5,8-11H2,1-2H3. The average Bonchev–Trinajstić information content (AvgIpc) is 2.53. The first kappa shape index (κ1) is 19.1. The molecule has 3 rings (SSSR count). The summed E-state index contributed by atoms with van der Waals surface area (Å²) >= 11 is 0. The largest absolute Gasteiger partial charge is 0.377 e. The van der Waals surface area contributed by atoms with E-state index >= 15 is 0 Å². The second kappa shape index (κ2) is 7.50. The molecule has 0 bridgehead atoms. The Balaban J connectivity index is 1.84. The van der Waals surface area contributed by atoms with Crippen molar-refractivity contribution in [2.24, 2.45) is 5.92 Å². The SMILES string of the molecule is CC(Nc1ccc(S(=O)(=O)N2CCN(C)CC2)cc1[N+](=O)[O-])C1CCC1. The first-order chi connectivity index (χ1) is 12.3. The summed E-state index contributed by atoms with van der Waals surface area (Å²) in [6.45, 7) is 4.11. The molecule has 1 aromatic rings. The Kier molecular flexibility index (Phi) is 5.50. The van der Waals surface area contributed by atoms with Crippen molar-refractivity contribution in [3.8, 4) is 0 Å². The lowest BCUT2D eigenvalue weighted by molar-refractivity contribution is -0.384. The predicted molar refractivity (Wildman–Crippen MR) is 99.8 cm³/mol. The predicted octanol–water partition coefficient (Wildman–Crippen LogP) is 2.13. The lowest BCUT2D eigenvalue weighted by atomic mass is 9.80. The molecule has 26 heavy (non-hydrogen) atoms. The quantitative estimate of drug-likeness (QED) is 0.598. The van der Waals surface area contributed by atoms with Crippen LogP contribution in [0.4, 0.5) is 11.4 Å². The number of sulfonamides is 1. The van der Waals surface area contributed by atoms with E-state index in [0.29, 0.717) is 37.8 Å². The van der Waals surface area contributed by atoms with Crippen molar-refractivity contribution in [1.82, 2.24) is 9.21 Å². The number of nitrogens with one attached hydrogen (secondary N) is 1. The van der Waals surface area contributed by atoms with Crippen molar-refractivity contribution >= 4 is 21.4 Å². The van der Waals surface area contributed by atoms with Gasteiger partial charge in [0.25, 0.3) is 5.69 Å². The molecule has 8 nitrogen and oxygen atoms in total. The minimum absolute atomic E-state index is 0.0180. The Morgan fingerprint density at radius 1 is 1.23 bits per heavy atom. The Morgan fingerprint density at radius 2 is 1.88 bits per heavy atom. The van der Waals surface area contributed by atoms with Crippen molar-refractivity contribution < 1.29 is 13.3 Å². The molecule has 1 unspecified atom stereocenters. The van der Waals surface area contributed by atoms with Gasteiger partial charge in [-0.2, -0.15) is 4.31 Å². The third-order valence-electron chi connectivity index (χ3n) is 5.51. The number of nitro groups is 1. The Bertz CT molecular complexity index is 771. The number of rotatable bonds is 6. The summed E-state index contributed by atoms with van der Waals surface area (Å²) in [6.07, 6.45) is 3.44. The van der Waals surface area contributed by atoms with Crippen molar-refractivity contribution in [3.05, 3.63) is 28.3 Å². The van der Waals surface area contributed by atoms with Gasteiger partial charge in [-0.25, -0.2) is 8.42 Å². The number of hydrogen-bond acceptors (Lipinski definition) is 6. The van der Waals surface area contributed by atoms with Crippen LogP contribution in [-0.4, -0.2) is 61.8 Å². The molecule has 0 aromatic heterocycles. The maximum atomic E-state index is 12.8. The molecular weight excluding hydrogens is 356 g/mol. The van der Waals surface area contributed by atoms with E-state index in [4.69, 9.17) is 0 Å². The normalized spacial score (nSPS) is 21.2. The van der Waals surface area contributed by atoms with E-state index in [1.165, 1.54) is 28.9 Å². The highest BCUT2D eigenvalue weighted by Crippen LogP contribution is 2.34. The van der Waals surface area contributed by atoms with E-state index in [9.17, 15) is 18.5 Å². The van der Waals surface area contributed by atoms with Gasteiger partial charge in [-0.3, -0.25) is 10.1 Å². The molecular formula is C17H26N4O4S. The minimum Gasteiger partial charge on any atom is -0.377 e. The fraction of sp³-hybridized carbons (Fsp3) is 0.647. The van der Waals surface area contributed by atoms with E-state index < -0.39 is 14.9 Å². The molecule has 1 N–H and O–H groups in total. The molecule has 0 amide bonds. The fourth-order valence-corrected chi connectivity index (χ4v) is 4.87. The number of nitrogens with zero attached hydrogens (tertiary/aromatic N) is 3. The highest BCUT2D eigenvalue weighted by atomic mass is 32.2. The minimum atomic E-state index is -3.72. The van der Waals surface area contributed by atoms with E-state index in [1.807, 2.05) is 14.0 Å². The van der Waals surface area contributed by atoms with Crippen LogP contribution in [0.5, 0.6) is 0 Å². The number of piperazine rings is 1. The molecule has 1 saturated carbocycles. The molecule has 2 aliphatic rings. The number of hydrogen-bond donors (Lipinski definition) is 1. The molecule has 1 heterocycles. The van der Waals surface area contributed by atoms with Gasteiger partial charge in [0.05, 0.1) is 9.82 Å². The van der Waals surface area contributed by atoms with Crippen molar-refractivity contribution in [3.63, 3.8) is 0 Å². The molecule has 0 spiro atoms. The summed E-state index contributed by atoms with van der Waals surface area (Å²) in [5.41, 5.74) is 0.193. The summed E-state index contributed by atoms with van der Waals surface area (Å²) in [6, 6.07) is 4.30. The molecule has 1 atom stereocenters. The van der Waals surface area contributed by atoms with Gasteiger partial charge in [0, 0.05) is 38.3 Å². The highest BCUT2D eigenvalue weighted by molar-refractivity contribution is 7.89. The van der Waals surface area contributed by atoms with Crippen LogP contribution >= 0.6 is 0 Å². The van der Waals surface area contributed by atoms with Gasteiger partial charge in [-0.15, -0.1) is 0 Å². The summed E-state index contributed by atoms with van der Waals surface area (Å²) in [5.74, 6) is 0.517. The van der Waals surface area contributed by atoms with Crippen LogP contribution < -0.4 is 5.32 Å². The second-order valence-corrected chi connectivity index (χ2v) is 9.21. The monoisotopic (exact) mass is 382 g/mol. The summed E-state index contributed by atoms with van der Waals surface area (Å²) in [5, 5.41) is 14.7.